The highest BCUT2D eigenvalue weighted by atomic mass is 15.1. The largest absolute Gasteiger partial charge is 0.311 e. The Hall–Kier alpha value is -7.48. The van der Waals surface area contributed by atoms with Crippen LogP contribution in [-0.2, 0) is 5.41 Å². The molecule has 0 N–H and O–H groups in total. The number of para-hydroxylation sites is 1. The third-order valence-electron chi connectivity index (χ3n) is 14.4. The van der Waals surface area contributed by atoms with Crippen molar-refractivity contribution in [3.8, 4) is 44.5 Å². The lowest BCUT2D eigenvalue weighted by Gasteiger charge is -2.37. The monoisotopic (exact) mass is 833 g/mol. The lowest BCUT2D eigenvalue weighted by atomic mass is 9.67. The first-order valence-corrected chi connectivity index (χ1v) is 23.6. The molecule has 1 heteroatoms. The maximum atomic E-state index is 2.54. The van der Waals surface area contributed by atoms with Crippen LogP contribution >= 0.6 is 0 Å². The van der Waals surface area contributed by atoms with Gasteiger partial charge >= 0.3 is 0 Å². The molecule has 0 aliphatic heterocycles. The van der Waals surface area contributed by atoms with E-state index in [9.17, 15) is 0 Å². The highest BCUT2D eigenvalue weighted by Gasteiger charge is 2.44. The molecule has 3 aliphatic rings. The van der Waals surface area contributed by atoms with Crippen molar-refractivity contribution in [3.63, 3.8) is 0 Å². The van der Waals surface area contributed by atoms with Crippen molar-refractivity contribution in [2.75, 3.05) is 4.90 Å². The molecule has 3 aliphatic carbocycles. The minimum Gasteiger partial charge on any atom is -0.311 e. The van der Waals surface area contributed by atoms with Gasteiger partial charge in [0.2, 0.25) is 0 Å². The summed E-state index contributed by atoms with van der Waals surface area (Å²) in [6.45, 7) is 0. The Morgan fingerprint density at radius 2 is 0.954 bits per heavy atom. The zero-order valence-corrected chi connectivity index (χ0v) is 36.8. The molecule has 0 atom stereocenters. The molecular weight excluding hydrogens is 783 g/mol. The Labute approximate surface area is 383 Å². The van der Waals surface area contributed by atoms with E-state index in [-0.39, 0.29) is 5.41 Å². The van der Waals surface area contributed by atoms with Gasteiger partial charge in [0, 0.05) is 22.5 Å². The van der Waals surface area contributed by atoms with Gasteiger partial charge < -0.3 is 4.90 Å². The number of hydrogen-bond acceptors (Lipinski definition) is 1. The molecule has 1 saturated carbocycles. The van der Waals surface area contributed by atoms with Crippen molar-refractivity contribution in [3.05, 3.63) is 240 Å². The van der Waals surface area contributed by atoms with Crippen LogP contribution in [0, 0.1) is 0 Å². The summed E-state index contributed by atoms with van der Waals surface area (Å²) < 4.78 is 0. The molecule has 0 unspecified atom stereocenters. The molecule has 1 nitrogen and oxygen atoms in total. The summed E-state index contributed by atoms with van der Waals surface area (Å²) in [5.74, 6) is 0. The van der Waals surface area contributed by atoms with Gasteiger partial charge in [-0.25, -0.2) is 0 Å². The molecule has 1 fully saturated rings. The predicted molar refractivity (Wildman–Crippen MR) is 277 cm³/mol. The Morgan fingerprint density at radius 3 is 1.69 bits per heavy atom. The smallest absolute Gasteiger partial charge is 0.0464 e. The van der Waals surface area contributed by atoms with Crippen molar-refractivity contribution in [1.82, 2.24) is 0 Å². The summed E-state index contributed by atoms with van der Waals surface area (Å²) in [5, 5.41) is 4.99. The topological polar surface area (TPSA) is 3.24 Å². The number of anilines is 2. The quantitative estimate of drug-likeness (QED) is 0.138. The van der Waals surface area contributed by atoms with Crippen molar-refractivity contribution in [1.29, 1.82) is 0 Å². The van der Waals surface area contributed by atoms with E-state index in [1.54, 1.807) is 0 Å². The van der Waals surface area contributed by atoms with E-state index in [4.69, 9.17) is 0 Å². The molecule has 0 amide bonds. The highest BCUT2D eigenvalue weighted by molar-refractivity contribution is 5.99. The number of benzene rings is 9. The fraction of sp³-hybridized carbons (Fsp3) is 0.125. The Morgan fingerprint density at radius 1 is 0.385 bits per heavy atom. The second-order valence-electron chi connectivity index (χ2n) is 18.3. The molecule has 0 saturated heterocycles. The van der Waals surface area contributed by atoms with Gasteiger partial charge in [0.25, 0.3) is 0 Å². The van der Waals surface area contributed by atoms with Gasteiger partial charge in [0.05, 0.1) is 0 Å². The molecule has 1 spiro atoms. The first-order chi connectivity index (χ1) is 32.2. The van der Waals surface area contributed by atoms with E-state index in [2.05, 4.69) is 229 Å². The van der Waals surface area contributed by atoms with Crippen LogP contribution in [-0.4, -0.2) is 0 Å². The Kier molecular flexibility index (Phi) is 9.98. The molecule has 9 aromatic rings. The van der Waals surface area contributed by atoms with Crippen LogP contribution < -0.4 is 4.90 Å². The number of allylic oxidation sites excluding steroid dienone is 3. The standard InChI is InChI=1S/C64H51N/c1-5-15-47(16-6-1)48-28-30-49(31-29-48)60-42-50-17-11-12-18-51(50)43-61(60)54-33-32-52-39-45(25-27-53(52)41-54)23-24-46-26-35-58-59-36-34-57(44-63(59)64(62(58)40-46)37-13-4-14-38-64)65(55-19-7-2-8-20-55)56-21-9-3-10-22-56/h1-2,5-9,11-12,15-36,39-44H,3-4,10,13-14,37-38H2/b24-23+. The van der Waals surface area contributed by atoms with Crippen molar-refractivity contribution in [2.45, 2.75) is 50.4 Å². The van der Waals surface area contributed by atoms with Crippen LogP contribution in [0.3, 0.4) is 0 Å². The van der Waals surface area contributed by atoms with E-state index in [0.717, 1.165) is 12.8 Å². The van der Waals surface area contributed by atoms with Gasteiger partial charge in [0.15, 0.2) is 0 Å². The van der Waals surface area contributed by atoms with Crippen LogP contribution in [0.4, 0.5) is 11.4 Å². The van der Waals surface area contributed by atoms with Gasteiger partial charge in [-0.1, -0.05) is 189 Å². The minimum atomic E-state index is 0.0408. The van der Waals surface area contributed by atoms with Crippen LogP contribution in [0.1, 0.15) is 67.2 Å². The first kappa shape index (κ1) is 39.1. The summed E-state index contributed by atoms with van der Waals surface area (Å²) in [5.41, 5.74) is 19.5. The maximum Gasteiger partial charge on any atom is 0.0464 e. The van der Waals surface area contributed by atoms with Gasteiger partial charge in [0.1, 0.15) is 0 Å². The van der Waals surface area contributed by atoms with E-state index in [1.165, 1.54) is 137 Å². The van der Waals surface area contributed by atoms with Crippen LogP contribution in [0.5, 0.6) is 0 Å². The second-order valence-corrected chi connectivity index (χ2v) is 18.3. The van der Waals surface area contributed by atoms with Crippen molar-refractivity contribution in [2.24, 2.45) is 0 Å². The lowest BCUT2D eigenvalue weighted by molar-refractivity contribution is 0.353. The normalized spacial score (nSPS) is 15.0. The predicted octanol–water partition coefficient (Wildman–Crippen LogP) is 17.8. The zero-order valence-electron chi connectivity index (χ0n) is 36.8. The summed E-state index contributed by atoms with van der Waals surface area (Å²) >= 11 is 0. The number of rotatable bonds is 8. The SMILES string of the molecule is C1=CC(N(c2ccccc2)c2ccc3c(c2)C2(CCCCC2)c2cc(/C=C/c4ccc5cc(-c6cc7ccccc7cc6-c6ccc(-c7ccccc7)cc6)ccc5c4)ccc2-3)=CCC1. The summed E-state index contributed by atoms with van der Waals surface area (Å²) in [6.07, 6.45) is 20.1. The van der Waals surface area contributed by atoms with Gasteiger partial charge in [-0.2, -0.15) is 0 Å². The van der Waals surface area contributed by atoms with Crippen molar-refractivity contribution < 1.29 is 0 Å². The molecule has 0 bridgehead atoms. The second kappa shape index (κ2) is 16.6. The average Bonchev–Trinajstić information content (AvgIpc) is 3.63. The van der Waals surface area contributed by atoms with Crippen molar-refractivity contribution >= 4 is 45.1 Å². The average molecular weight is 834 g/mol. The fourth-order valence-electron chi connectivity index (χ4n) is 11.1. The third-order valence-corrected chi connectivity index (χ3v) is 14.4. The molecule has 0 radical (unpaired) electrons. The van der Waals surface area contributed by atoms with E-state index in [1.807, 2.05) is 0 Å². The number of fused-ring (bicyclic) bond motifs is 7. The molecule has 12 rings (SSSR count). The Bertz CT molecular complexity index is 3320. The van der Waals surface area contributed by atoms with E-state index >= 15 is 0 Å². The highest BCUT2D eigenvalue weighted by Crippen LogP contribution is 2.57. The molecule has 9 aromatic carbocycles. The van der Waals surface area contributed by atoms with E-state index in [0.29, 0.717) is 0 Å². The molecule has 0 heterocycles. The summed E-state index contributed by atoms with van der Waals surface area (Å²) in [6, 6.07) is 72.4. The van der Waals surface area contributed by atoms with Crippen LogP contribution in [0.25, 0.3) is 78.2 Å². The summed E-state index contributed by atoms with van der Waals surface area (Å²) in [7, 11) is 0. The molecular formula is C64H51N. The lowest BCUT2D eigenvalue weighted by Crippen LogP contribution is -2.28. The van der Waals surface area contributed by atoms with Gasteiger partial charge in [-0.15, -0.1) is 0 Å². The van der Waals surface area contributed by atoms with Crippen LogP contribution in [0.15, 0.2) is 218 Å². The fourth-order valence-corrected chi connectivity index (χ4v) is 11.1. The van der Waals surface area contributed by atoms with Gasteiger partial charge in [-0.05, 0) is 169 Å². The first-order valence-electron chi connectivity index (χ1n) is 23.6. The number of nitrogens with zero attached hydrogens (tertiary/aromatic N) is 1. The third kappa shape index (κ3) is 7.22. The zero-order chi connectivity index (χ0) is 43.2. The Balaban J connectivity index is 0.852. The maximum absolute atomic E-state index is 2.54. The molecule has 65 heavy (non-hydrogen) atoms. The van der Waals surface area contributed by atoms with E-state index < -0.39 is 0 Å². The summed E-state index contributed by atoms with van der Waals surface area (Å²) in [4.78, 5) is 2.46. The van der Waals surface area contributed by atoms with Crippen LogP contribution in [0.2, 0.25) is 0 Å². The minimum absolute atomic E-state index is 0.0408. The van der Waals surface area contributed by atoms with Gasteiger partial charge in [-0.3, -0.25) is 0 Å². The molecule has 0 aromatic heterocycles. The number of hydrogen-bond donors (Lipinski definition) is 0. The molecule has 312 valence electrons.